The van der Waals surface area contributed by atoms with Gasteiger partial charge in [0.05, 0.1) is 17.6 Å². The van der Waals surface area contributed by atoms with Gasteiger partial charge in [0.25, 0.3) is 0 Å². The third-order valence-electron chi connectivity index (χ3n) is 3.08. The summed E-state index contributed by atoms with van der Waals surface area (Å²) in [6.07, 6.45) is 1.82. The SMILES string of the molecule is Cc1ccc(-c2nn(-c3ccccc3C)cc2N)o1. The Hall–Kier alpha value is -2.49. The van der Waals surface area contributed by atoms with Crippen LogP contribution in [0.15, 0.2) is 47.0 Å². The van der Waals surface area contributed by atoms with E-state index in [1.807, 2.05) is 56.4 Å². The van der Waals surface area contributed by atoms with E-state index in [9.17, 15) is 0 Å². The number of furan rings is 1. The first-order valence-electron chi connectivity index (χ1n) is 6.13. The number of rotatable bonds is 2. The molecular formula is C15H15N3O. The van der Waals surface area contributed by atoms with Crippen molar-refractivity contribution >= 4 is 5.69 Å². The molecule has 2 heterocycles. The van der Waals surface area contributed by atoms with Gasteiger partial charge in [-0.1, -0.05) is 18.2 Å². The molecule has 0 radical (unpaired) electrons. The summed E-state index contributed by atoms with van der Waals surface area (Å²) in [5.41, 5.74) is 9.48. The average Bonchev–Trinajstić information content (AvgIpc) is 2.96. The summed E-state index contributed by atoms with van der Waals surface area (Å²) >= 11 is 0. The molecule has 0 amide bonds. The number of para-hydroxylation sites is 1. The fraction of sp³-hybridized carbons (Fsp3) is 0.133. The van der Waals surface area contributed by atoms with Gasteiger partial charge >= 0.3 is 0 Å². The zero-order valence-corrected chi connectivity index (χ0v) is 10.9. The quantitative estimate of drug-likeness (QED) is 0.762. The van der Waals surface area contributed by atoms with Crippen LogP contribution >= 0.6 is 0 Å². The first kappa shape index (κ1) is 11.6. The van der Waals surface area contributed by atoms with Crippen molar-refractivity contribution in [3.05, 3.63) is 53.9 Å². The van der Waals surface area contributed by atoms with Crippen LogP contribution in [0.4, 0.5) is 5.69 Å². The minimum atomic E-state index is 0.609. The predicted molar refractivity (Wildman–Crippen MR) is 75.2 cm³/mol. The van der Waals surface area contributed by atoms with Crippen molar-refractivity contribution in [2.24, 2.45) is 0 Å². The van der Waals surface area contributed by atoms with E-state index in [4.69, 9.17) is 10.2 Å². The minimum Gasteiger partial charge on any atom is -0.460 e. The smallest absolute Gasteiger partial charge is 0.156 e. The van der Waals surface area contributed by atoms with Gasteiger partial charge in [-0.3, -0.25) is 0 Å². The van der Waals surface area contributed by atoms with Crippen molar-refractivity contribution in [1.82, 2.24) is 9.78 Å². The summed E-state index contributed by atoms with van der Waals surface area (Å²) in [4.78, 5) is 0. The predicted octanol–water partition coefficient (Wildman–Crippen LogP) is 3.33. The molecule has 4 nitrogen and oxygen atoms in total. The highest BCUT2D eigenvalue weighted by Gasteiger charge is 2.13. The third-order valence-corrected chi connectivity index (χ3v) is 3.08. The number of anilines is 1. The normalized spacial score (nSPS) is 10.8. The Labute approximate surface area is 111 Å². The van der Waals surface area contributed by atoms with Crippen LogP contribution in [-0.4, -0.2) is 9.78 Å². The monoisotopic (exact) mass is 253 g/mol. The molecule has 0 fully saturated rings. The molecule has 0 aliphatic rings. The molecule has 0 bridgehead atoms. The van der Waals surface area contributed by atoms with Crippen molar-refractivity contribution in [1.29, 1.82) is 0 Å². The van der Waals surface area contributed by atoms with E-state index in [0.717, 1.165) is 17.0 Å². The second kappa shape index (κ2) is 4.31. The van der Waals surface area contributed by atoms with E-state index in [1.54, 1.807) is 4.68 Å². The Kier molecular flexibility index (Phi) is 2.63. The van der Waals surface area contributed by atoms with Crippen molar-refractivity contribution < 1.29 is 4.42 Å². The molecule has 0 unspecified atom stereocenters. The maximum absolute atomic E-state index is 6.03. The lowest BCUT2D eigenvalue weighted by Gasteiger charge is -2.04. The van der Waals surface area contributed by atoms with Gasteiger partial charge in [-0.05, 0) is 37.6 Å². The largest absolute Gasteiger partial charge is 0.460 e. The first-order chi connectivity index (χ1) is 9.15. The lowest BCUT2D eigenvalue weighted by Crippen LogP contribution is -1.97. The summed E-state index contributed by atoms with van der Waals surface area (Å²) in [5.74, 6) is 1.54. The maximum Gasteiger partial charge on any atom is 0.156 e. The molecule has 1 aromatic carbocycles. The summed E-state index contributed by atoms with van der Waals surface area (Å²) in [7, 11) is 0. The topological polar surface area (TPSA) is 57.0 Å². The fourth-order valence-corrected chi connectivity index (χ4v) is 2.08. The number of nitrogens with zero attached hydrogens (tertiary/aromatic N) is 2. The molecule has 2 aromatic heterocycles. The molecule has 3 rings (SSSR count). The Morgan fingerprint density at radius 2 is 1.89 bits per heavy atom. The minimum absolute atomic E-state index is 0.609. The highest BCUT2D eigenvalue weighted by Crippen LogP contribution is 2.27. The highest BCUT2D eigenvalue weighted by atomic mass is 16.3. The average molecular weight is 253 g/mol. The number of nitrogen functional groups attached to an aromatic ring is 1. The Bertz CT molecular complexity index is 725. The molecule has 96 valence electrons. The van der Waals surface area contributed by atoms with E-state index >= 15 is 0 Å². The lowest BCUT2D eigenvalue weighted by molar-refractivity contribution is 0.546. The summed E-state index contributed by atoms with van der Waals surface area (Å²) in [5, 5.41) is 4.52. The van der Waals surface area contributed by atoms with E-state index in [2.05, 4.69) is 5.10 Å². The highest BCUT2D eigenvalue weighted by molar-refractivity contribution is 5.68. The van der Waals surface area contributed by atoms with Gasteiger partial charge in [-0.15, -0.1) is 0 Å². The molecule has 0 aliphatic carbocycles. The second-order valence-corrected chi connectivity index (χ2v) is 4.57. The fourth-order valence-electron chi connectivity index (χ4n) is 2.08. The van der Waals surface area contributed by atoms with Gasteiger partial charge < -0.3 is 10.2 Å². The van der Waals surface area contributed by atoms with Crippen LogP contribution in [0.5, 0.6) is 0 Å². The van der Waals surface area contributed by atoms with Gasteiger partial charge in [0.1, 0.15) is 5.76 Å². The van der Waals surface area contributed by atoms with Crippen molar-refractivity contribution in [2.75, 3.05) is 5.73 Å². The van der Waals surface area contributed by atoms with Gasteiger partial charge in [0.15, 0.2) is 11.5 Å². The third kappa shape index (κ3) is 2.01. The van der Waals surface area contributed by atoms with Crippen molar-refractivity contribution in [3.63, 3.8) is 0 Å². The molecule has 4 heteroatoms. The Balaban J connectivity index is 2.10. The Morgan fingerprint density at radius 3 is 2.58 bits per heavy atom. The summed E-state index contributed by atoms with van der Waals surface area (Å²) < 4.78 is 7.36. The summed E-state index contributed by atoms with van der Waals surface area (Å²) in [6.45, 7) is 3.95. The Morgan fingerprint density at radius 1 is 1.11 bits per heavy atom. The molecule has 0 saturated heterocycles. The van der Waals surface area contributed by atoms with Crippen LogP contribution in [0.3, 0.4) is 0 Å². The summed E-state index contributed by atoms with van der Waals surface area (Å²) in [6, 6.07) is 11.8. The van der Waals surface area contributed by atoms with Gasteiger partial charge in [0.2, 0.25) is 0 Å². The molecule has 0 aliphatic heterocycles. The second-order valence-electron chi connectivity index (χ2n) is 4.57. The van der Waals surface area contributed by atoms with Crippen LogP contribution in [0.1, 0.15) is 11.3 Å². The van der Waals surface area contributed by atoms with Crippen LogP contribution < -0.4 is 5.73 Å². The van der Waals surface area contributed by atoms with E-state index in [-0.39, 0.29) is 0 Å². The van der Waals surface area contributed by atoms with E-state index in [0.29, 0.717) is 17.1 Å². The zero-order valence-electron chi connectivity index (χ0n) is 10.9. The molecular weight excluding hydrogens is 238 g/mol. The maximum atomic E-state index is 6.03. The van der Waals surface area contributed by atoms with E-state index in [1.165, 1.54) is 0 Å². The van der Waals surface area contributed by atoms with Crippen molar-refractivity contribution in [3.8, 4) is 17.1 Å². The number of hydrogen-bond acceptors (Lipinski definition) is 3. The van der Waals surface area contributed by atoms with E-state index < -0.39 is 0 Å². The van der Waals surface area contributed by atoms with Crippen LogP contribution in [-0.2, 0) is 0 Å². The molecule has 0 saturated carbocycles. The molecule has 19 heavy (non-hydrogen) atoms. The van der Waals surface area contributed by atoms with Gasteiger partial charge in [-0.2, -0.15) is 5.10 Å². The van der Waals surface area contributed by atoms with Crippen LogP contribution in [0.2, 0.25) is 0 Å². The number of aryl methyl sites for hydroxylation is 2. The lowest BCUT2D eigenvalue weighted by atomic mass is 10.2. The molecule has 3 aromatic rings. The van der Waals surface area contributed by atoms with Crippen molar-refractivity contribution in [2.45, 2.75) is 13.8 Å². The first-order valence-corrected chi connectivity index (χ1v) is 6.13. The number of aromatic nitrogens is 2. The van der Waals surface area contributed by atoms with Crippen LogP contribution in [0, 0.1) is 13.8 Å². The molecule has 0 atom stereocenters. The van der Waals surface area contributed by atoms with Crippen LogP contribution in [0.25, 0.3) is 17.1 Å². The molecule has 0 spiro atoms. The standard InChI is InChI=1S/C15H15N3O/c1-10-5-3-4-6-13(10)18-9-12(16)15(17-18)14-8-7-11(2)19-14/h3-9H,16H2,1-2H3. The number of benzene rings is 1. The zero-order chi connectivity index (χ0) is 13.4. The molecule has 2 N–H and O–H groups in total. The number of nitrogens with two attached hydrogens (primary N) is 1. The van der Waals surface area contributed by atoms with Gasteiger partial charge in [-0.25, -0.2) is 4.68 Å². The number of hydrogen-bond donors (Lipinski definition) is 1. The van der Waals surface area contributed by atoms with Gasteiger partial charge in [0, 0.05) is 0 Å².